The van der Waals surface area contributed by atoms with Crippen molar-refractivity contribution in [2.24, 2.45) is 0 Å². The molecule has 2 rings (SSSR count). The molecule has 122 valence electrons. The molecule has 3 nitrogen and oxygen atoms in total. The zero-order valence-electron chi connectivity index (χ0n) is 14.3. The van der Waals surface area contributed by atoms with Crippen LogP contribution in [0.5, 0.6) is 0 Å². The Kier molecular flexibility index (Phi) is 5.92. The fourth-order valence-corrected chi connectivity index (χ4v) is 2.39. The van der Waals surface area contributed by atoms with E-state index in [2.05, 4.69) is 19.2 Å². The van der Waals surface area contributed by atoms with E-state index < -0.39 is 0 Å². The minimum Gasteiger partial charge on any atom is -0.345 e. The molecule has 1 atom stereocenters. The average molecular weight is 318 g/mol. The van der Waals surface area contributed by atoms with Crippen molar-refractivity contribution >= 4 is 12.0 Å². The molecule has 0 aliphatic carbocycles. The molecular weight excluding hydrogens is 296 g/mol. The van der Waals surface area contributed by atoms with Crippen molar-refractivity contribution in [1.29, 1.82) is 5.26 Å². The number of nitrogens with zero attached hydrogens (tertiary/aromatic N) is 1. The van der Waals surface area contributed by atoms with Gasteiger partial charge in [-0.15, -0.1) is 0 Å². The van der Waals surface area contributed by atoms with Gasteiger partial charge in [-0.2, -0.15) is 5.26 Å². The minimum atomic E-state index is -0.359. The number of hydrogen-bond acceptors (Lipinski definition) is 2. The third-order valence-corrected chi connectivity index (χ3v) is 3.93. The molecule has 2 aromatic rings. The van der Waals surface area contributed by atoms with E-state index in [1.807, 2.05) is 67.6 Å². The van der Waals surface area contributed by atoms with Crippen LogP contribution in [0.2, 0.25) is 0 Å². The molecule has 3 heteroatoms. The maximum Gasteiger partial charge on any atom is 0.262 e. The summed E-state index contributed by atoms with van der Waals surface area (Å²) >= 11 is 0. The average Bonchev–Trinajstić information content (AvgIpc) is 2.60. The van der Waals surface area contributed by atoms with E-state index in [9.17, 15) is 10.1 Å². The van der Waals surface area contributed by atoms with E-state index >= 15 is 0 Å². The summed E-state index contributed by atoms with van der Waals surface area (Å²) in [6.45, 7) is 6.16. The van der Waals surface area contributed by atoms with Crippen molar-refractivity contribution < 1.29 is 4.79 Å². The molecule has 0 aliphatic heterocycles. The van der Waals surface area contributed by atoms with Crippen LogP contribution in [0.3, 0.4) is 0 Å². The van der Waals surface area contributed by atoms with E-state index in [-0.39, 0.29) is 17.5 Å². The number of nitriles is 1. The maximum absolute atomic E-state index is 12.3. The zero-order valence-corrected chi connectivity index (χ0v) is 14.3. The Hall–Kier alpha value is -2.86. The fraction of sp³-hybridized carbons (Fsp3) is 0.238. The maximum atomic E-state index is 12.3. The molecule has 24 heavy (non-hydrogen) atoms. The number of benzene rings is 2. The van der Waals surface area contributed by atoms with Crippen LogP contribution in [0.4, 0.5) is 0 Å². The molecule has 2 aromatic carbocycles. The first kappa shape index (κ1) is 17.5. The number of rotatable bonds is 5. The Morgan fingerprint density at radius 1 is 1.00 bits per heavy atom. The van der Waals surface area contributed by atoms with Crippen LogP contribution in [0.25, 0.3) is 6.08 Å². The summed E-state index contributed by atoms with van der Waals surface area (Å²) in [5, 5.41) is 12.2. The minimum absolute atomic E-state index is 0.107. The van der Waals surface area contributed by atoms with Gasteiger partial charge in [0.25, 0.3) is 5.91 Å². The number of nitrogens with one attached hydrogen (secondary N) is 1. The predicted molar refractivity (Wildman–Crippen MR) is 97.1 cm³/mol. The summed E-state index contributed by atoms with van der Waals surface area (Å²) in [5.41, 5.74) is 3.19. The van der Waals surface area contributed by atoms with Crippen LogP contribution in [-0.4, -0.2) is 5.91 Å². The highest BCUT2D eigenvalue weighted by molar-refractivity contribution is 6.01. The largest absolute Gasteiger partial charge is 0.345 e. The Labute approximate surface area is 143 Å². The number of amides is 1. The Morgan fingerprint density at radius 3 is 2.17 bits per heavy atom. The van der Waals surface area contributed by atoms with Crippen LogP contribution in [0.1, 0.15) is 49.4 Å². The van der Waals surface area contributed by atoms with Crippen LogP contribution in [0, 0.1) is 11.3 Å². The summed E-state index contributed by atoms with van der Waals surface area (Å²) in [6, 6.07) is 19.4. The summed E-state index contributed by atoms with van der Waals surface area (Å²) in [6.07, 6.45) is 1.62. The molecule has 0 aromatic heterocycles. The van der Waals surface area contributed by atoms with Crippen molar-refractivity contribution in [3.05, 3.63) is 76.9 Å². The molecule has 0 radical (unpaired) electrons. The summed E-state index contributed by atoms with van der Waals surface area (Å²) in [7, 11) is 0. The lowest BCUT2D eigenvalue weighted by Crippen LogP contribution is -2.27. The van der Waals surface area contributed by atoms with E-state index in [0.717, 1.165) is 11.1 Å². The lowest BCUT2D eigenvalue weighted by atomic mass is 10.0. The quantitative estimate of drug-likeness (QED) is 0.647. The Bertz CT molecular complexity index is 753. The first-order valence-corrected chi connectivity index (χ1v) is 8.09. The van der Waals surface area contributed by atoms with Crippen molar-refractivity contribution in [1.82, 2.24) is 5.32 Å². The van der Waals surface area contributed by atoms with E-state index in [0.29, 0.717) is 5.92 Å². The van der Waals surface area contributed by atoms with Crippen molar-refractivity contribution in [3.8, 4) is 6.07 Å². The fourth-order valence-electron chi connectivity index (χ4n) is 2.39. The molecule has 0 heterocycles. The standard InChI is InChI=1S/C21H22N2O/c1-15(2)18-11-9-17(10-12-18)13-20(14-22)21(24)23-16(3)19-7-5-4-6-8-19/h4-13,15-16H,1-3H3,(H,23,24)/b20-13+/t16-/m1/s1. The highest BCUT2D eigenvalue weighted by atomic mass is 16.1. The Morgan fingerprint density at radius 2 is 1.62 bits per heavy atom. The first-order valence-electron chi connectivity index (χ1n) is 8.09. The molecule has 0 fully saturated rings. The second-order valence-electron chi connectivity index (χ2n) is 6.10. The van der Waals surface area contributed by atoms with Gasteiger partial charge in [0.05, 0.1) is 6.04 Å². The van der Waals surface area contributed by atoms with Gasteiger partial charge in [0.1, 0.15) is 11.6 Å². The normalized spacial score (nSPS) is 12.5. The summed E-state index contributed by atoms with van der Waals surface area (Å²) in [5.74, 6) is 0.0928. The topological polar surface area (TPSA) is 52.9 Å². The highest BCUT2D eigenvalue weighted by Crippen LogP contribution is 2.17. The molecule has 1 amide bonds. The number of carbonyl (C=O) groups is 1. The van der Waals surface area contributed by atoms with Crippen LogP contribution in [0.15, 0.2) is 60.2 Å². The van der Waals surface area contributed by atoms with Gasteiger partial charge in [0.15, 0.2) is 0 Å². The summed E-state index contributed by atoms with van der Waals surface area (Å²) in [4.78, 5) is 12.3. The van der Waals surface area contributed by atoms with Crippen LogP contribution >= 0.6 is 0 Å². The van der Waals surface area contributed by atoms with E-state index in [1.54, 1.807) is 6.08 Å². The van der Waals surface area contributed by atoms with Gasteiger partial charge < -0.3 is 5.32 Å². The van der Waals surface area contributed by atoms with Gasteiger partial charge in [-0.05, 0) is 35.6 Å². The smallest absolute Gasteiger partial charge is 0.262 e. The SMILES string of the molecule is CC(C)c1ccc(/C=C(\C#N)C(=O)N[C@H](C)c2ccccc2)cc1. The Balaban J connectivity index is 2.12. The number of carbonyl (C=O) groups excluding carboxylic acids is 1. The second kappa shape index (κ2) is 8.12. The zero-order chi connectivity index (χ0) is 17.5. The van der Waals surface area contributed by atoms with Gasteiger partial charge in [-0.1, -0.05) is 68.4 Å². The third-order valence-electron chi connectivity index (χ3n) is 3.93. The van der Waals surface area contributed by atoms with Crippen molar-refractivity contribution in [3.63, 3.8) is 0 Å². The molecular formula is C21H22N2O. The second-order valence-corrected chi connectivity index (χ2v) is 6.10. The molecule has 0 spiro atoms. The third kappa shape index (κ3) is 4.57. The first-order chi connectivity index (χ1) is 11.5. The van der Waals surface area contributed by atoms with Crippen molar-refractivity contribution in [2.75, 3.05) is 0 Å². The van der Waals surface area contributed by atoms with Gasteiger partial charge in [0, 0.05) is 0 Å². The monoisotopic (exact) mass is 318 g/mol. The van der Waals surface area contributed by atoms with Gasteiger partial charge in [-0.3, -0.25) is 4.79 Å². The van der Waals surface area contributed by atoms with Gasteiger partial charge >= 0.3 is 0 Å². The van der Waals surface area contributed by atoms with Gasteiger partial charge in [0.2, 0.25) is 0 Å². The van der Waals surface area contributed by atoms with E-state index in [4.69, 9.17) is 0 Å². The van der Waals surface area contributed by atoms with Crippen LogP contribution in [-0.2, 0) is 4.79 Å². The molecule has 0 bridgehead atoms. The van der Waals surface area contributed by atoms with Crippen molar-refractivity contribution in [2.45, 2.75) is 32.7 Å². The molecule has 0 aliphatic rings. The lowest BCUT2D eigenvalue weighted by molar-refractivity contribution is -0.117. The van der Waals surface area contributed by atoms with Crippen LogP contribution < -0.4 is 5.32 Å². The highest BCUT2D eigenvalue weighted by Gasteiger charge is 2.13. The molecule has 0 saturated carbocycles. The number of hydrogen-bond donors (Lipinski definition) is 1. The predicted octanol–water partition coefficient (Wildman–Crippen LogP) is 4.59. The van der Waals surface area contributed by atoms with E-state index in [1.165, 1.54) is 5.56 Å². The summed E-state index contributed by atoms with van der Waals surface area (Å²) < 4.78 is 0. The molecule has 0 unspecified atom stereocenters. The van der Waals surface area contributed by atoms with Gasteiger partial charge in [-0.25, -0.2) is 0 Å². The molecule has 0 saturated heterocycles. The molecule has 1 N–H and O–H groups in total. The lowest BCUT2D eigenvalue weighted by Gasteiger charge is -2.13.